The zero-order chi connectivity index (χ0) is 18.2. The number of aliphatic hydroxyl groups excluding tert-OH is 1. The number of nitrogens with zero attached hydrogens (tertiary/aromatic N) is 1. The minimum absolute atomic E-state index is 0.00559. The molecule has 4 saturated carbocycles. The first-order valence-corrected chi connectivity index (χ1v) is 11.9. The Morgan fingerprint density at radius 3 is 2.27 bits per heavy atom. The molecule has 0 aromatic heterocycles. The Morgan fingerprint density at radius 1 is 0.808 bits per heavy atom. The van der Waals surface area contributed by atoms with Gasteiger partial charge in [0.05, 0.1) is 32.3 Å². The van der Waals surface area contributed by atoms with Crippen LogP contribution in [0.2, 0.25) is 0 Å². The lowest BCUT2D eigenvalue weighted by atomic mass is 9.45. The number of quaternary nitrogens is 1. The Hall–Kier alpha value is -0.0800. The molecule has 4 aliphatic carbocycles. The molecule has 1 N–H and O–H groups in total. The lowest BCUT2D eigenvalue weighted by molar-refractivity contribution is -0.928. The Balaban J connectivity index is 1.41. The minimum atomic E-state index is -0.00559. The fraction of sp³-hybridized carbons (Fsp3) is 1.00. The van der Waals surface area contributed by atoms with E-state index in [1.54, 1.807) is 0 Å². The van der Waals surface area contributed by atoms with Crippen molar-refractivity contribution in [3.8, 4) is 0 Å². The van der Waals surface area contributed by atoms with E-state index in [1.165, 1.54) is 75.4 Å². The maximum absolute atomic E-state index is 10.2. The van der Waals surface area contributed by atoms with Crippen molar-refractivity contribution in [3.63, 3.8) is 0 Å². The molecule has 1 heterocycles. The Kier molecular flexibility index (Phi) is 4.12. The molecule has 0 bridgehead atoms. The monoisotopic (exact) mass is 360 g/mol. The summed E-state index contributed by atoms with van der Waals surface area (Å²) < 4.78 is 1.40. The Labute approximate surface area is 161 Å². The zero-order valence-electron chi connectivity index (χ0n) is 17.6. The number of aliphatic hydroxyl groups is 1. The van der Waals surface area contributed by atoms with Crippen molar-refractivity contribution in [3.05, 3.63) is 0 Å². The van der Waals surface area contributed by atoms with Crippen LogP contribution in [0.4, 0.5) is 0 Å². The molecular weight excluding hydrogens is 318 g/mol. The molecule has 5 aliphatic rings. The number of hydrogen-bond donors (Lipinski definition) is 1. The number of hydrogen-bond acceptors (Lipinski definition) is 1. The summed E-state index contributed by atoms with van der Waals surface area (Å²) >= 11 is 0. The second-order valence-electron chi connectivity index (χ2n) is 11.9. The van der Waals surface area contributed by atoms with Crippen molar-refractivity contribution in [2.45, 2.75) is 96.6 Å². The van der Waals surface area contributed by atoms with E-state index < -0.39 is 0 Å². The van der Waals surface area contributed by atoms with Gasteiger partial charge < -0.3 is 9.59 Å². The van der Waals surface area contributed by atoms with Crippen molar-refractivity contribution in [1.29, 1.82) is 0 Å². The summed E-state index contributed by atoms with van der Waals surface area (Å²) in [7, 11) is 2.60. The molecule has 0 aromatic rings. The molecule has 5 rings (SSSR count). The van der Waals surface area contributed by atoms with Crippen LogP contribution in [0.1, 0.15) is 84.5 Å². The van der Waals surface area contributed by atoms with E-state index in [0.717, 1.165) is 42.6 Å². The van der Waals surface area contributed by atoms with E-state index >= 15 is 0 Å². The fourth-order valence-corrected chi connectivity index (χ4v) is 9.60. The summed E-state index contributed by atoms with van der Waals surface area (Å²) in [6.07, 6.45) is 15.2. The minimum Gasteiger partial charge on any atom is -0.393 e. The predicted molar refractivity (Wildman–Crippen MR) is 107 cm³/mol. The van der Waals surface area contributed by atoms with E-state index in [-0.39, 0.29) is 6.10 Å². The Bertz CT molecular complexity index is 554. The van der Waals surface area contributed by atoms with Crippen molar-refractivity contribution >= 4 is 0 Å². The van der Waals surface area contributed by atoms with Crippen LogP contribution in [0, 0.1) is 34.5 Å². The van der Waals surface area contributed by atoms with Gasteiger partial charge in [0, 0.05) is 24.7 Å². The van der Waals surface area contributed by atoms with E-state index in [1.807, 2.05) is 0 Å². The van der Waals surface area contributed by atoms with E-state index in [9.17, 15) is 5.11 Å². The first-order chi connectivity index (χ1) is 12.4. The molecule has 1 saturated heterocycles. The second-order valence-corrected chi connectivity index (χ2v) is 11.9. The van der Waals surface area contributed by atoms with Gasteiger partial charge in [0.2, 0.25) is 0 Å². The summed E-state index contributed by atoms with van der Waals surface area (Å²) in [5, 5.41) is 10.2. The maximum atomic E-state index is 10.2. The van der Waals surface area contributed by atoms with Crippen LogP contribution in [0.25, 0.3) is 0 Å². The van der Waals surface area contributed by atoms with Gasteiger partial charge in [-0.15, -0.1) is 0 Å². The highest BCUT2D eigenvalue weighted by Gasteiger charge is 2.63. The SMILES string of the molecule is C[C@]12CCC3C(CC[C@H]4C[C@@H](O)CC[C@]34C)C1CC[C@@H]2[N+]1(C)CCCC1. The van der Waals surface area contributed by atoms with Crippen molar-refractivity contribution in [1.82, 2.24) is 0 Å². The molecule has 2 heteroatoms. The fourth-order valence-electron chi connectivity index (χ4n) is 9.60. The van der Waals surface area contributed by atoms with Gasteiger partial charge in [0.25, 0.3) is 0 Å². The molecular formula is C24H42NO+. The first kappa shape index (κ1) is 18.0. The topological polar surface area (TPSA) is 20.2 Å². The van der Waals surface area contributed by atoms with Gasteiger partial charge in [-0.25, -0.2) is 0 Å². The van der Waals surface area contributed by atoms with E-state index in [4.69, 9.17) is 0 Å². The van der Waals surface area contributed by atoms with Crippen LogP contribution < -0.4 is 0 Å². The largest absolute Gasteiger partial charge is 0.393 e. The highest BCUT2D eigenvalue weighted by molar-refractivity contribution is 5.10. The molecule has 0 spiro atoms. The number of rotatable bonds is 1. The smallest absolute Gasteiger partial charge is 0.0945 e. The second kappa shape index (κ2) is 5.96. The van der Waals surface area contributed by atoms with Crippen molar-refractivity contribution in [2.75, 3.05) is 20.1 Å². The standard InChI is InChI=1S/C24H42NO/c1-23-12-10-18(26)16-17(23)6-7-19-20-8-9-22(25(3)14-4-5-15-25)24(20,2)13-11-21(19)23/h17-22,26H,4-16H2,1-3H3/q+1/t17-,18-,19?,20?,21?,22-,23-,24-/m0/s1. The molecule has 0 aromatic carbocycles. The van der Waals surface area contributed by atoms with Gasteiger partial charge in [-0.1, -0.05) is 13.8 Å². The predicted octanol–water partition coefficient (Wildman–Crippen LogP) is 5.00. The molecule has 26 heavy (non-hydrogen) atoms. The molecule has 0 radical (unpaired) electrons. The third kappa shape index (κ3) is 2.36. The summed E-state index contributed by atoms with van der Waals surface area (Å²) in [6, 6.07) is 0.939. The first-order valence-electron chi connectivity index (χ1n) is 11.9. The van der Waals surface area contributed by atoms with Gasteiger partial charge in [0.1, 0.15) is 0 Å². The quantitative estimate of drug-likeness (QED) is 0.653. The van der Waals surface area contributed by atoms with E-state index in [0.29, 0.717) is 10.8 Å². The number of likely N-dealkylation sites (tertiary alicyclic amines) is 1. The van der Waals surface area contributed by atoms with Gasteiger partial charge in [0.15, 0.2) is 0 Å². The third-order valence-corrected chi connectivity index (χ3v) is 10.9. The van der Waals surface area contributed by atoms with E-state index in [2.05, 4.69) is 20.9 Å². The molecule has 0 amide bonds. The van der Waals surface area contributed by atoms with Gasteiger partial charge >= 0.3 is 0 Å². The third-order valence-electron chi connectivity index (χ3n) is 10.9. The maximum Gasteiger partial charge on any atom is 0.0945 e. The summed E-state index contributed by atoms with van der Waals surface area (Å²) in [4.78, 5) is 0. The zero-order valence-corrected chi connectivity index (χ0v) is 17.6. The molecule has 1 aliphatic heterocycles. The summed E-state index contributed by atoms with van der Waals surface area (Å²) in [6.45, 7) is 8.23. The van der Waals surface area contributed by atoms with Crippen LogP contribution in [-0.4, -0.2) is 41.9 Å². The molecule has 148 valence electrons. The highest BCUT2D eigenvalue weighted by Crippen LogP contribution is 2.67. The van der Waals surface area contributed by atoms with Crippen molar-refractivity contribution < 1.29 is 9.59 Å². The van der Waals surface area contributed by atoms with Crippen LogP contribution in [-0.2, 0) is 0 Å². The number of fused-ring (bicyclic) bond motifs is 5. The summed E-state index contributed by atoms with van der Waals surface area (Å²) in [5.41, 5.74) is 1.14. The average molecular weight is 361 g/mol. The van der Waals surface area contributed by atoms with Crippen molar-refractivity contribution in [2.24, 2.45) is 34.5 Å². The van der Waals surface area contributed by atoms with Crippen LogP contribution in [0.3, 0.4) is 0 Å². The molecule has 2 nitrogen and oxygen atoms in total. The highest BCUT2D eigenvalue weighted by atomic mass is 16.3. The van der Waals surface area contributed by atoms with Gasteiger partial charge in [-0.2, -0.15) is 0 Å². The van der Waals surface area contributed by atoms with Gasteiger partial charge in [-0.05, 0) is 80.5 Å². The summed E-state index contributed by atoms with van der Waals surface area (Å²) in [5.74, 6) is 3.74. The van der Waals surface area contributed by atoms with Crippen LogP contribution in [0.5, 0.6) is 0 Å². The molecule has 3 unspecified atom stereocenters. The normalized spacial score (nSPS) is 55.8. The van der Waals surface area contributed by atoms with Crippen LogP contribution in [0.15, 0.2) is 0 Å². The lowest BCUT2D eigenvalue weighted by Crippen LogP contribution is -2.60. The lowest BCUT2D eigenvalue weighted by Gasteiger charge is -2.61. The molecule has 5 fully saturated rings. The molecule has 8 atom stereocenters. The van der Waals surface area contributed by atoms with Gasteiger partial charge in [-0.3, -0.25) is 0 Å². The Morgan fingerprint density at radius 2 is 1.50 bits per heavy atom. The van der Waals surface area contributed by atoms with Crippen LogP contribution >= 0.6 is 0 Å². The average Bonchev–Trinajstić information content (AvgIpc) is 3.19.